The molecule has 0 amide bonds. The minimum Gasteiger partial charge on any atom is -0.206 e. The van der Waals surface area contributed by atoms with Crippen molar-refractivity contribution in [2.24, 2.45) is 11.8 Å². The van der Waals surface area contributed by atoms with E-state index in [9.17, 15) is 4.39 Å². The normalized spacial score (nSPS) is 19.4. The number of benzene rings is 2. The zero-order chi connectivity index (χ0) is 19.1. The van der Waals surface area contributed by atoms with E-state index in [1.165, 1.54) is 56.6 Å². The number of halogens is 1. The van der Waals surface area contributed by atoms with Gasteiger partial charge in [0.15, 0.2) is 0 Å². The van der Waals surface area contributed by atoms with Crippen LogP contribution >= 0.6 is 0 Å². The summed E-state index contributed by atoms with van der Waals surface area (Å²) in [5.74, 6) is 7.39. The molecule has 3 rings (SSSR count). The molecule has 0 atom stereocenters. The quantitative estimate of drug-likeness (QED) is 0.469. The average Bonchev–Trinajstić information content (AvgIpc) is 2.69. The summed E-state index contributed by atoms with van der Waals surface area (Å²) >= 11 is 0. The van der Waals surface area contributed by atoms with Crippen LogP contribution in [0.15, 0.2) is 42.5 Å². The molecule has 1 fully saturated rings. The number of hydrogen-bond donors (Lipinski definition) is 0. The zero-order valence-corrected chi connectivity index (χ0v) is 16.7. The summed E-state index contributed by atoms with van der Waals surface area (Å²) in [4.78, 5) is 0. The molecule has 1 aliphatic rings. The summed E-state index contributed by atoms with van der Waals surface area (Å²) in [6.45, 7) is 4.07. The first-order valence-electron chi connectivity index (χ1n) is 10.5. The van der Waals surface area contributed by atoms with Gasteiger partial charge in [-0.25, -0.2) is 4.39 Å². The maximum atomic E-state index is 14.4. The predicted molar refractivity (Wildman–Crippen MR) is 113 cm³/mol. The molecule has 1 aliphatic carbocycles. The van der Waals surface area contributed by atoms with Crippen molar-refractivity contribution in [2.75, 3.05) is 0 Å². The van der Waals surface area contributed by atoms with Gasteiger partial charge in [-0.1, -0.05) is 81.7 Å². The van der Waals surface area contributed by atoms with Crippen LogP contribution in [0.4, 0.5) is 4.39 Å². The molecule has 1 heteroatoms. The lowest BCUT2D eigenvalue weighted by Crippen LogP contribution is -2.15. The molecule has 0 unspecified atom stereocenters. The van der Waals surface area contributed by atoms with Crippen molar-refractivity contribution < 1.29 is 4.39 Å². The number of aryl methyl sites for hydroxylation is 1. The summed E-state index contributed by atoms with van der Waals surface area (Å²) < 4.78 is 14.4. The minimum absolute atomic E-state index is 0.202. The van der Waals surface area contributed by atoms with Gasteiger partial charge in [-0.2, -0.15) is 0 Å². The van der Waals surface area contributed by atoms with E-state index >= 15 is 0 Å². The largest absolute Gasteiger partial charge is 0.206 e. The summed E-state index contributed by atoms with van der Waals surface area (Å²) in [7, 11) is 0. The number of hydrogen-bond acceptors (Lipinski definition) is 0. The topological polar surface area (TPSA) is 0 Å². The second-order valence-corrected chi connectivity index (χ2v) is 7.98. The molecule has 0 radical (unpaired) electrons. The van der Waals surface area contributed by atoms with Crippen molar-refractivity contribution in [1.82, 2.24) is 0 Å². The van der Waals surface area contributed by atoms with Crippen molar-refractivity contribution in [3.63, 3.8) is 0 Å². The lowest BCUT2D eigenvalue weighted by molar-refractivity contribution is 0.252. The second-order valence-electron chi connectivity index (χ2n) is 7.98. The van der Waals surface area contributed by atoms with Crippen molar-refractivity contribution in [2.45, 2.75) is 65.2 Å². The molecule has 0 aliphatic heterocycles. The van der Waals surface area contributed by atoms with Gasteiger partial charge in [0.05, 0.1) is 0 Å². The van der Waals surface area contributed by atoms with Crippen LogP contribution in [0.5, 0.6) is 0 Å². The first-order valence-corrected chi connectivity index (χ1v) is 10.5. The van der Waals surface area contributed by atoms with E-state index in [0.717, 1.165) is 29.4 Å². The van der Waals surface area contributed by atoms with E-state index < -0.39 is 0 Å². The molecular weight excluding hydrogens is 331 g/mol. The highest BCUT2D eigenvalue weighted by Gasteiger charge is 2.20. The standard InChI is InChI=1S/C26H31F/c1-3-5-20-7-9-21(10-8-20)11-12-22-13-16-24(17-14-22)25-18-15-23(6-4-2)19-26(25)27/h13-21H,3,5,7-12H2,1-2H3. The summed E-state index contributed by atoms with van der Waals surface area (Å²) in [6, 6.07) is 13.7. The highest BCUT2D eigenvalue weighted by Crippen LogP contribution is 2.34. The van der Waals surface area contributed by atoms with Crippen LogP contribution in [0.1, 0.15) is 69.9 Å². The van der Waals surface area contributed by atoms with E-state index in [1.807, 2.05) is 12.1 Å². The lowest BCUT2D eigenvalue weighted by atomic mass is 9.78. The molecule has 1 saturated carbocycles. The highest BCUT2D eigenvalue weighted by atomic mass is 19.1. The first-order chi connectivity index (χ1) is 13.2. The van der Waals surface area contributed by atoms with Crippen LogP contribution in [0, 0.1) is 29.5 Å². The Bertz CT molecular complexity index is 783. The van der Waals surface area contributed by atoms with Gasteiger partial charge in [-0.3, -0.25) is 0 Å². The number of rotatable bonds is 6. The van der Waals surface area contributed by atoms with Crippen LogP contribution in [0.25, 0.3) is 11.1 Å². The third-order valence-electron chi connectivity index (χ3n) is 6.01. The van der Waals surface area contributed by atoms with Crippen molar-refractivity contribution in [3.8, 4) is 23.0 Å². The van der Waals surface area contributed by atoms with Gasteiger partial charge in [0.2, 0.25) is 0 Å². The van der Waals surface area contributed by atoms with Gasteiger partial charge >= 0.3 is 0 Å². The fourth-order valence-electron chi connectivity index (χ4n) is 4.41. The molecule has 2 aromatic carbocycles. The van der Waals surface area contributed by atoms with Gasteiger partial charge in [0.1, 0.15) is 5.82 Å². The average molecular weight is 363 g/mol. The van der Waals surface area contributed by atoms with Crippen molar-refractivity contribution >= 4 is 0 Å². The zero-order valence-electron chi connectivity index (χ0n) is 16.7. The van der Waals surface area contributed by atoms with Gasteiger partial charge in [0, 0.05) is 11.1 Å². The third-order valence-corrected chi connectivity index (χ3v) is 6.01. The minimum atomic E-state index is -0.202. The maximum Gasteiger partial charge on any atom is 0.132 e. The molecule has 142 valence electrons. The molecular formula is C26H31F. The Morgan fingerprint density at radius 2 is 1.59 bits per heavy atom. The second kappa shape index (κ2) is 9.75. The molecule has 27 heavy (non-hydrogen) atoms. The predicted octanol–water partition coefficient (Wildman–Crippen LogP) is 7.40. The van der Waals surface area contributed by atoms with Crippen LogP contribution in [-0.4, -0.2) is 0 Å². The third kappa shape index (κ3) is 5.46. The SMILES string of the molecule is CC#Cc1ccc(-c2ccc(CCC3CCC(CCC)CC3)cc2)c(F)c1. The van der Waals surface area contributed by atoms with Gasteiger partial charge in [0.25, 0.3) is 0 Å². The van der Waals surface area contributed by atoms with E-state index in [0.29, 0.717) is 5.56 Å². The Morgan fingerprint density at radius 1 is 0.926 bits per heavy atom. The lowest BCUT2D eigenvalue weighted by Gasteiger charge is -2.28. The van der Waals surface area contributed by atoms with Gasteiger partial charge < -0.3 is 0 Å². The smallest absolute Gasteiger partial charge is 0.132 e. The van der Waals surface area contributed by atoms with Crippen molar-refractivity contribution in [1.29, 1.82) is 0 Å². The van der Waals surface area contributed by atoms with Crippen molar-refractivity contribution in [3.05, 3.63) is 59.4 Å². The van der Waals surface area contributed by atoms with Crippen LogP contribution in [0.3, 0.4) is 0 Å². The summed E-state index contributed by atoms with van der Waals surface area (Å²) in [6.07, 6.45) is 10.8. The van der Waals surface area contributed by atoms with E-state index in [4.69, 9.17) is 0 Å². The fourth-order valence-corrected chi connectivity index (χ4v) is 4.41. The Labute approximate surface area is 164 Å². The Hall–Kier alpha value is -2.07. The Balaban J connectivity index is 1.55. The van der Waals surface area contributed by atoms with E-state index in [2.05, 4.69) is 43.0 Å². The monoisotopic (exact) mass is 362 g/mol. The first kappa shape index (κ1) is 19.7. The molecule has 0 spiro atoms. The molecule has 0 aromatic heterocycles. The summed E-state index contributed by atoms with van der Waals surface area (Å²) in [5.41, 5.74) is 3.68. The molecule has 0 N–H and O–H groups in total. The molecule has 0 heterocycles. The van der Waals surface area contributed by atoms with Gasteiger partial charge in [-0.05, 0) is 54.9 Å². The Morgan fingerprint density at radius 3 is 2.19 bits per heavy atom. The van der Waals surface area contributed by atoms with Crippen LogP contribution in [-0.2, 0) is 6.42 Å². The molecule has 0 bridgehead atoms. The van der Waals surface area contributed by atoms with Crippen LogP contribution in [0.2, 0.25) is 0 Å². The molecule has 0 nitrogen and oxygen atoms in total. The van der Waals surface area contributed by atoms with E-state index in [-0.39, 0.29) is 5.82 Å². The maximum absolute atomic E-state index is 14.4. The fraction of sp³-hybridized carbons (Fsp3) is 0.462. The summed E-state index contributed by atoms with van der Waals surface area (Å²) in [5, 5.41) is 0. The highest BCUT2D eigenvalue weighted by molar-refractivity contribution is 5.65. The molecule has 2 aromatic rings. The van der Waals surface area contributed by atoms with E-state index in [1.54, 1.807) is 6.92 Å². The van der Waals surface area contributed by atoms with Gasteiger partial charge in [-0.15, -0.1) is 5.92 Å². The molecule has 0 saturated heterocycles. The Kier molecular flexibility index (Phi) is 7.11. The van der Waals surface area contributed by atoms with Crippen LogP contribution < -0.4 is 0 Å².